The Bertz CT molecular complexity index is 636. The van der Waals surface area contributed by atoms with Crippen LogP contribution < -0.4 is 10.6 Å². The van der Waals surface area contributed by atoms with Crippen molar-refractivity contribution in [1.82, 2.24) is 5.32 Å². The van der Waals surface area contributed by atoms with Gasteiger partial charge in [-0.2, -0.15) is 13.2 Å². The molecule has 1 fully saturated rings. The van der Waals surface area contributed by atoms with E-state index in [4.69, 9.17) is 35.4 Å². The van der Waals surface area contributed by atoms with E-state index in [-0.39, 0.29) is 17.2 Å². The molecule has 2 N–H and O–H groups in total. The van der Waals surface area contributed by atoms with Gasteiger partial charge in [0, 0.05) is 0 Å². The summed E-state index contributed by atoms with van der Waals surface area (Å²) < 4.78 is 37.4. The highest BCUT2D eigenvalue weighted by Gasteiger charge is 2.68. The predicted molar refractivity (Wildman–Crippen MR) is 83.0 cm³/mol. The molecule has 22 heavy (non-hydrogen) atoms. The standard InChI is InChI=1S/C13H11Cl2F3N2OS/c1-11(6-12(11,14)15)9(21)20-10(22)19-8-5-3-2-4-7(8)13(16,17)18/h2-5H,6H2,1H3,(H2,19,20,21,22). The number of halogens is 5. The summed E-state index contributed by atoms with van der Waals surface area (Å²) in [6.45, 7) is 1.55. The van der Waals surface area contributed by atoms with Gasteiger partial charge in [0.25, 0.3) is 0 Å². The van der Waals surface area contributed by atoms with Crippen molar-refractivity contribution in [2.75, 3.05) is 5.32 Å². The molecule has 0 saturated heterocycles. The number of hydrogen-bond acceptors (Lipinski definition) is 2. The lowest BCUT2D eigenvalue weighted by molar-refractivity contribution is -0.136. The number of nitrogens with one attached hydrogen (secondary N) is 2. The highest BCUT2D eigenvalue weighted by atomic mass is 35.5. The Morgan fingerprint density at radius 2 is 1.86 bits per heavy atom. The van der Waals surface area contributed by atoms with Crippen LogP contribution >= 0.6 is 35.4 Å². The van der Waals surface area contributed by atoms with Gasteiger partial charge in [0.15, 0.2) is 5.11 Å². The van der Waals surface area contributed by atoms with Gasteiger partial charge in [-0.1, -0.05) is 12.1 Å². The minimum Gasteiger partial charge on any atom is -0.332 e. The average molecular weight is 371 g/mol. The van der Waals surface area contributed by atoms with Gasteiger partial charge in [-0.3, -0.25) is 4.79 Å². The molecule has 0 aliphatic heterocycles. The normalized spacial score (nSPS) is 22.8. The third-order valence-electron chi connectivity index (χ3n) is 3.47. The van der Waals surface area contributed by atoms with Crippen molar-refractivity contribution in [2.24, 2.45) is 5.41 Å². The van der Waals surface area contributed by atoms with Gasteiger partial charge in [0.05, 0.1) is 16.7 Å². The van der Waals surface area contributed by atoms with Crippen molar-refractivity contribution in [3.05, 3.63) is 29.8 Å². The molecule has 1 saturated carbocycles. The minimum absolute atomic E-state index is 0.246. The molecular weight excluding hydrogens is 360 g/mol. The summed E-state index contributed by atoms with van der Waals surface area (Å²) in [4.78, 5) is 12.0. The number of thiocarbonyl (C=S) groups is 1. The van der Waals surface area contributed by atoms with Crippen LogP contribution in [0.1, 0.15) is 18.9 Å². The lowest BCUT2D eigenvalue weighted by atomic mass is 10.1. The lowest BCUT2D eigenvalue weighted by Crippen LogP contribution is -2.40. The van der Waals surface area contributed by atoms with Gasteiger partial charge in [0.1, 0.15) is 4.33 Å². The molecule has 1 aliphatic carbocycles. The van der Waals surface area contributed by atoms with Crippen molar-refractivity contribution in [3.63, 3.8) is 0 Å². The Morgan fingerprint density at radius 1 is 1.32 bits per heavy atom. The SMILES string of the molecule is CC1(C(=O)NC(=S)Nc2ccccc2C(F)(F)F)CC1(Cl)Cl. The zero-order valence-corrected chi connectivity index (χ0v) is 13.6. The van der Waals surface area contributed by atoms with Crippen LogP contribution in [0.4, 0.5) is 18.9 Å². The van der Waals surface area contributed by atoms with Crippen molar-refractivity contribution < 1.29 is 18.0 Å². The molecule has 1 aromatic carbocycles. The molecule has 1 amide bonds. The summed E-state index contributed by atoms with van der Waals surface area (Å²) in [5, 5.41) is 4.43. The molecule has 1 atom stereocenters. The molecule has 120 valence electrons. The number of carbonyl (C=O) groups is 1. The van der Waals surface area contributed by atoms with Gasteiger partial charge >= 0.3 is 6.18 Å². The molecule has 0 bridgehead atoms. The van der Waals surface area contributed by atoms with Gasteiger partial charge in [-0.05, 0) is 37.7 Å². The van der Waals surface area contributed by atoms with Crippen LogP contribution in [0.3, 0.4) is 0 Å². The molecule has 0 aromatic heterocycles. The number of benzene rings is 1. The lowest BCUT2D eigenvalue weighted by Gasteiger charge is -2.17. The van der Waals surface area contributed by atoms with Crippen LogP contribution in [0.5, 0.6) is 0 Å². The Hall–Kier alpha value is -1.05. The molecule has 0 radical (unpaired) electrons. The minimum atomic E-state index is -4.53. The highest BCUT2D eigenvalue weighted by molar-refractivity contribution is 7.80. The fraction of sp³-hybridized carbons (Fsp3) is 0.385. The van der Waals surface area contributed by atoms with E-state index in [1.807, 2.05) is 0 Å². The molecule has 1 unspecified atom stereocenters. The number of amides is 1. The Morgan fingerprint density at radius 3 is 2.36 bits per heavy atom. The van der Waals surface area contributed by atoms with E-state index in [1.165, 1.54) is 18.2 Å². The van der Waals surface area contributed by atoms with E-state index in [1.54, 1.807) is 6.92 Å². The number of carbonyl (C=O) groups excluding carboxylic acids is 1. The molecule has 1 aromatic rings. The summed E-state index contributed by atoms with van der Waals surface area (Å²) >= 11 is 16.6. The van der Waals surface area contributed by atoms with Crippen LogP contribution in [-0.2, 0) is 11.0 Å². The fourth-order valence-corrected chi connectivity index (χ4v) is 2.79. The van der Waals surface area contributed by atoms with Gasteiger partial charge in [-0.15, -0.1) is 23.2 Å². The summed E-state index contributed by atoms with van der Waals surface area (Å²) in [5.74, 6) is -0.542. The van der Waals surface area contributed by atoms with Crippen LogP contribution in [0, 0.1) is 5.41 Å². The molecule has 1 aliphatic rings. The van der Waals surface area contributed by atoms with E-state index < -0.39 is 27.4 Å². The van der Waals surface area contributed by atoms with Crippen molar-refractivity contribution in [3.8, 4) is 0 Å². The summed E-state index contributed by atoms with van der Waals surface area (Å²) in [6, 6.07) is 4.81. The monoisotopic (exact) mass is 370 g/mol. The Kier molecular flexibility index (Phi) is 4.36. The van der Waals surface area contributed by atoms with Crippen molar-refractivity contribution >= 4 is 52.1 Å². The topological polar surface area (TPSA) is 41.1 Å². The van der Waals surface area contributed by atoms with Crippen LogP contribution in [-0.4, -0.2) is 15.4 Å². The molecule has 9 heteroatoms. The maximum Gasteiger partial charge on any atom is 0.418 e. The largest absolute Gasteiger partial charge is 0.418 e. The van der Waals surface area contributed by atoms with E-state index in [2.05, 4.69) is 10.6 Å². The van der Waals surface area contributed by atoms with E-state index in [9.17, 15) is 18.0 Å². The third-order valence-corrected chi connectivity index (χ3v) is 4.77. The number of alkyl halides is 5. The second-order valence-electron chi connectivity index (χ2n) is 5.16. The maximum atomic E-state index is 12.9. The maximum absolute atomic E-state index is 12.9. The smallest absolute Gasteiger partial charge is 0.332 e. The van der Waals surface area contributed by atoms with Gasteiger partial charge in [-0.25, -0.2) is 0 Å². The highest BCUT2D eigenvalue weighted by Crippen LogP contribution is 2.63. The average Bonchev–Trinajstić information content (AvgIpc) is 2.89. The first-order chi connectivity index (χ1) is 9.97. The summed E-state index contributed by atoms with van der Waals surface area (Å²) in [6.07, 6.45) is -4.29. The van der Waals surface area contributed by atoms with Crippen molar-refractivity contribution in [2.45, 2.75) is 23.9 Å². The summed E-state index contributed by atoms with van der Waals surface area (Å²) in [7, 11) is 0. The number of hydrogen-bond donors (Lipinski definition) is 2. The predicted octanol–water partition coefficient (Wildman–Crippen LogP) is 4.10. The van der Waals surface area contributed by atoms with Crippen LogP contribution in [0.15, 0.2) is 24.3 Å². The van der Waals surface area contributed by atoms with Crippen molar-refractivity contribution in [1.29, 1.82) is 0 Å². The van der Waals surface area contributed by atoms with Gasteiger partial charge < -0.3 is 10.6 Å². The van der Waals surface area contributed by atoms with E-state index in [0.717, 1.165) is 6.07 Å². The molecule has 3 nitrogen and oxygen atoms in total. The first-order valence-electron chi connectivity index (χ1n) is 6.14. The quantitative estimate of drug-likeness (QED) is 0.608. The molecular formula is C13H11Cl2F3N2OS. The number of anilines is 1. The number of rotatable bonds is 2. The first kappa shape index (κ1) is 17.3. The van der Waals surface area contributed by atoms with Crippen LogP contribution in [0.2, 0.25) is 0 Å². The number of para-hydroxylation sites is 1. The molecule has 0 spiro atoms. The first-order valence-corrected chi connectivity index (χ1v) is 7.30. The van der Waals surface area contributed by atoms with Gasteiger partial charge in [0.2, 0.25) is 5.91 Å². The van der Waals surface area contributed by atoms with E-state index >= 15 is 0 Å². The van der Waals surface area contributed by atoms with E-state index in [0.29, 0.717) is 0 Å². The summed E-state index contributed by atoms with van der Waals surface area (Å²) in [5.41, 5.74) is -2.14. The fourth-order valence-electron chi connectivity index (χ4n) is 1.88. The molecule has 2 rings (SSSR count). The third kappa shape index (κ3) is 3.31. The Balaban J connectivity index is 2.07. The Labute approximate surface area is 140 Å². The van der Waals surface area contributed by atoms with Crippen LogP contribution in [0.25, 0.3) is 0 Å². The second-order valence-corrected chi connectivity index (χ2v) is 7.06. The second kappa shape index (κ2) is 5.54. The molecule has 0 heterocycles. The zero-order valence-electron chi connectivity index (χ0n) is 11.2. The zero-order chi connectivity index (χ0) is 16.8.